The average molecular weight is 441 g/mol. The van der Waals surface area contributed by atoms with Crippen molar-refractivity contribution >= 4 is 16.7 Å². The first-order valence-corrected chi connectivity index (χ1v) is 11.4. The van der Waals surface area contributed by atoms with E-state index in [2.05, 4.69) is 28.3 Å². The monoisotopic (exact) mass is 440 g/mol. The van der Waals surface area contributed by atoms with E-state index in [1.807, 2.05) is 72.2 Å². The maximum absolute atomic E-state index is 13.4. The molecule has 0 N–H and O–H groups in total. The Hall–Kier alpha value is -3.51. The summed E-state index contributed by atoms with van der Waals surface area (Å²) in [6, 6.07) is 18.3. The number of ether oxygens (including phenoxy) is 1. The van der Waals surface area contributed by atoms with Crippen LogP contribution in [0.25, 0.3) is 16.5 Å². The lowest BCUT2D eigenvalue weighted by molar-refractivity contribution is 0.0737. The molecule has 0 spiro atoms. The number of pyridine rings is 1. The number of amides is 1. The fourth-order valence-corrected chi connectivity index (χ4v) is 4.62. The largest absolute Gasteiger partial charge is 0.379 e. The molecule has 1 saturated heterocycles. The molecule has 1 aliphatic rings. The van der Waals surface area contributed by atoms with Crippen molar-refractivity contribution in [3.05, 3.63) is 89.5 Å². The second kappa shape index (κ2) is 9.16. The molecule has 168 valence electrons. The fraction of sp³-hybridized carbons (Fsp3) is 0.296. The normalized spacial score (nSPS) is 16.7. The Bertz CT molecular complexity index is 1300. The molecule has 2 aromatic carbocycles. The smallest absolute Gasteiger partial charge is 0.254 e. The topological polar surface area (TPSA) is 60.2 Å². The van der Waals surface area contributed by atoms with Gasteiger partial charge in [0.2, 0.25) is 0 Å². The van der Waals surface area contributed by atoms with Gasteiger partial charge >= 0.3 is 0 Å². The van der Waals surface area contributed by atoms with Gasteiger partial charge in [0, 0.05) is 48.0 Å². The zero-order chi connectivity index (χ0) is 22.8. The van der Waals surface area contributed by atoms with E-state index in [1.54, 1.807) is 0 Å². The predicted octanol–water partition coefficient (Wildman–Crippen LogP) is 4.37. The summed E-state index contributed by atoms with van der Waals surface area (Å²) in [4.78, 5) is 19.6. The third-order valence-corrected chi connectivity index (χ3v) is 6.20. The third-order valence-electron chi connectivity index (χ3n) is 6.20. The lowest BCUT2D eigenvalue weighted by Gasteiger charge is -2.24. The zero-order valence-corrected chi connectivity index (χ0v) is 19.1. The van der Waals surface area contributed by atoms with Gasteiger partial charge < -0.3 is 9.64 Å². The molecule has 0 bridgehead atoms. The summed E-state index contributed by atoms with van der Waals surface area (Å²) in [7, 11) is 0. The molecule has 2 aromatic heterocycles. The van der Waals surface area contributed by atoms with Crippen molar-refractivity contribution in [2.24, 2.45) is 5.92 Å². The van der Waals surface area contributed by atoms with Crippen molar-refractivity contribution in [3.63, 3.8) is 0 Å². The lowest BCUT2D eigenvalue weighted by Crippen LogP contribution is -2.36. The Balaban J connectivity index is 1.33. The Morgan fingerprint density at radius 3 is 2.85 bits per heavy atom. The van der Waals surface area contributed by atoms with Gasteiger partial charge in [-0.15, -0.1) is 0 Å². The van der Waals surface area contributed by atoms with E-state index < -0.39 is 0 Å². The lowest BCUT2D eigenvalue weighted by atomic mass is 9.97. The first-order valence-electron chi connectivity index (χ1n) is 11.4. The van der Waals surface area contributed by atoms with Crippen molar-refractivity contribution in [2.75, 3.05) is 26.3 Å². The van der Waals surface area contributed by atoms with Gasteiger partial charge in [0.15, 0.2) is 0 Å². The molecule has 0 radical (unpaired) electrons. The van der Waals surface area contributed by atoms with E-state index in [0.29, 0.717) is 31.9 Å². The maximum Gasteiger partial charge on any atom is 0.254 e. The zero-order valence-electron chi connectivity index (χ0n) is 19.1. The molecular formula is C27H28N4O2. The number of carbonyl (C=O) groups is 1. The summed E-state index contributed by atoms with van der Waals surface area (Å²) in [5.74, 6) is 0.286. The molecule has 1 amide bonds. The molecule has 5 rings (SSSR count). The fourth-order valence-electron chi connectivity index (χ4n) is 4.62. The SMILES string of the molecule is Cc1cc(C)n(-c2cccc(C(=O)N3CCOC[C@@H](Cc4ccc5cnccc5c4)C3)c2)n1. The first kappa shape index (κ1) is 21.3. The molecule has 6 heteroatoms. The number of hydrogen-bond acceptors (Lipinski definition) is 4. The van der Waals surface area contributed by atoms with Crippen LogP contribution >= 0.6 is 0 Å². The van der Waals surface area contributed by atoms with Crippen LogP contribution < -0.4 is 0 Å². The minimum atomic E-state index is 0.0402. The van der Waals surface area contributed by atoms with Crippen LogP contribution in [0.15, 0.2) is 67.0 Å². The summed E-state index contributed by atoms with van der Waals surface area (Å²) in [5, 5.41) is 6.88. The van der Waals surface area contributed by atoms with E-state index in [4.69, 9.17) is 4.74 Å². The quantitative estimate of drug-likeness (QED) is 0.473. The van der Waals surface area contributed by atoms with Gasteiger partial charge in [-0.3, -0.25) is 9.78 Å². The number of rotatable bonds is 4. The highest BCUT2D eigenvalue weighted by molar-refractivity contribution is 5.94. The van der Waals surface area contributed by atoms with Crippen LogP contribution in [0.1, 0.15) is 27.3 Å². The summed E-state index contributed by atoms with van der Waals surface area (Å²) in [6.45, 7) is 6.49. The number of aromatic nitrogens is 3. The first-order chi connectivity index (χ1) is 16.1. The standard InChI is InChI=1S/C27H28N4O2/c1-19-12-20(2)31(29-19)26-5-3-4-24(15-26)27(32)30-10-11-33-18-22(17-30)13-21-6-7-25-16-28-9-8-23(25)14-21/h3-9,12,14-16,22H,10-11,13,17-18H2,1-2H3/t22-/m0/s1. The maximum atomic E-state index is 13.4. The molecule has 1 aliphatic heterocycles. The molecule has 6 nitrogen and oxygen atoms in total. The Morgan fingerprint density at radius 2 is 2.00 bits per heavy atom. The average Bonchev–Trinajstić information content (AvgIpc) is 3.02. The van der Waals surface area contributed by atoms with Crippen molar-refractivity contribution in [1.29, 1.82) is 0 Å². The van der Waals surface area contributed by atoms with Gasteiger partial charge in [-0.2, -0.15) is 5.10 Å². The number of nitrogens with zero attached hydrogens (tertiary/aromatic N) is 4. The van der Waals surface area contributed by atoms with Crippen molar-refractivity contribution in [3.8, 4) is 5.69 Å². The van der Waals surface area contributed by atoms with Crippen LogP contribution in [-0.2, 0) is 11.2 Å². The third kappa shape index (κ3) is 4.66. The second-order valence-electron chi connectivity index (χ2n) is 8.84. The molecule has 3 heterocycles. The number of fused-ring (bicyclic) bond motifs is 1. The molecule has 4 aromatic rings. The highest BCUT2D eigenvalue weighted by atomic mass is 16.5. The van der Waals surface area contributed by atoms with Gasteiger partial charge in [0.05, 0.1) is 24.6 Å². The minimum absolute atomic E-state index is 0.0402. The molecule has 0 saturated carbocycles. The molecule has 33 heavy (non-hydrogen) atoms. The van der Waals surface area contributed by atoms with Crippen LogP contribution in [0, 0.1) is 19.8 Å². The van der Waals surface area contributed by atoms with E-state index in [1.165, 1.54) is 10.9 Å². The van der Waals surface area contributed by atoms with Gasteiger partial charge in [0.1, 0.15) is 0 Å². The summed E-state index contributed by atoms with van der Waals surface area (Å²) in [5.41, 5.74) is 4.84. The van der Waals surface area contributed by atoms with Crippen molar-refractivity contribution < 1.29 is 9.53 Å². The van der Waals surface area contributed by atoms with Crippen LogP contribution in [0.4, 0.5) is 0 Å². The van der Waals surface area contributed by atoms with Crippen molar-refractivity contribution in [1.82, 2.24) is 19.7 Å². The summed E-state index contributed by atoms with van der Waals surface area (Å²) >= 11 is 0. The summed E-state index contributed by atoms with van der Waals surface area (Å²) in [6.07, 6.45) is 4.57. The van der Waals surface area contributed by atoms with E-state index in [-0.39, 0.29) is 11.8 Å². The van der Waals surface area contributed by atoms with Crippen LogP contribution in [0.5, 0.6) is 0 Å². The minimum Gasteiger partial charge on any atom is -0.379 e. The highest BCUT2D eigenvalue weighted by Gasteiger charge is 2.24. The van der Waals surface area contributed by atoms with E-state index >= 15 is 0 Å². The molecule has 0 aliphatic carbocycles. The molecular weight excluding hydrogens is 412 g/mol. The van der Waals surface area contributed by atoms with E-state index in [0.717, 1.165) is 28.9 Å². The van der Waals surface area contributed by atoms with Gasteiger partial charge in [-0.1, -0.05) is 24.3 Å². The number of hydrogen-bond donors (Lipinski definition) is 0. The number of carbonyl (C=O) groups excluding carboxylic acids is 1. The molecule has 1 atom stereocenters. The Kier molecular flexibility index (Phi) is 5.92. The van der Waals surface area contributed by atoms with E-state index in [9.17, 15) is 4.79 Å². The number of aryl methyl sites for hydroxylation is 2. The van der Waals surface area contributed by atoms with Crippen LogP contribution in [0.3, 0.4) is 0 Å². The van der Waals surface area contributed by atoms with Gasteiger partial charge in [-0.25, -0.2) is 4.68 Å². The summed E-state index contributed by atoms with van der Waals surface area (Å²) < 4.78 is 7.76. The second-order valence-corrected chi connectivity index (χ2v) is 8.84. The van der Waals surface area contributed by atoms with Gasteiger partial charge in [-0.05, 0) is 61.5 Å². The Morgan fingerprint density at radius 1 is 1.09 bits per heavy atom. The Labute approximate surface area is 193 Å². The highest BCUT2D eigenvalue weighted by Crippen LogP contribution is 2.21. The molecule has 0 unspecified atom stereocenters. The van der Waals surface area contributed by atoms with Crippen molar-refractivity contribution in [2.45, 2.75) is 20.3 Å². The van der Waals surface area contributed by atoms with Gasteiger partial charge in [0.25, 0.3) is 5.91 Å². The predicted molar refractivity (Wildman–Crippen MR) is 129 cm³/mol. The number of benzene rings is 2. The van der Waals surface area contributed by atoms with Crippen LogP contribution in [0.2, 0.25) is 0 Å². The van der Waals surface area contributed by atoms with Crippen LogP contribution in [-0.4, -0.2) is 51.9 Å². The molecule has 1 fully saturated rings.